The highest BCUT2D eigenvalue weighted by Crippen LogP contribution is 2.30. The van der Waals surface area contributed by atoms with Crippen LogP contribution in [0, 0.1) is 11.8 Å². The molecule has 1 nitrogen and oxygen atoms in total. The molecule has 10 heavy (non-hydrogen) atoms. The van der Waals surface area contributed by atoms with E-state index < -0.39 is 0 Å². The fraction of sp³-hybridized carbons (Fsp3) is 1.00. The Balaban J connectivity index is 2.34. The van der Waals surface area contributed by atoms with E-state index in [1.54, 1.807) is 0 Å². The third-order valence-corrected chi connectivity index (χ3v) is 2.89. The van der Waals surface area contributed by atoms with Crippen molar-refractivity contribution in [1.82, 2.24) is 0 Å². The molecule has 2 N–H and O–H groups in total. The highest BCUT2D eigenvalue weighted by molar-refractivity contribution is 4.74. The number of hydrogen-bond donors (Lipinski definition) is 1. The van der Waals surface area contributed by atoms with E-state index in [1.807, 2.05) is 0 Å². The summed E-state index contributed by atoms with van der Waals surface area (Å²) < 4.78 is 0. The van der Waals surface area contributed by atoms with E-state index in [9.17, 15) is 0 Å². The van der Waals surface area contributed by atoms with Crippen LogP contribution in [0.3, 0.4) is 0 Å². The average molecular weight is 141 g/mol. The molecule has 1 saturated carbocycles. The molecule has 0 spiro atoms. The van der Waals surface area contributed by atoms with Gasteiger partial charge in [0, 0.05) is 0 Å². The highest BCUT2D eigenvalue weighted by Gasteiger charge is 2.21. The Morgan fingerprint density at radius 1 is 1.20 bits per heavy atom. The zero-order valence-electron chi connectivity index (χ0n) is 6.97. The summed E-state index contributed by atoms with van der Waals surface area (Å²) in [6.45, 7) is 3.21. The molecular formula is C9H19N. The summed E-state index contributed by atoms with van der Waals surface area (Å²) in [7, 11) is 0. The molecule has 0 radical (unpaired) electrons. The van der Waals surface area contributed by atoms with Gasteiger partial charge in [-0.25, -0.2) is 0 Å². The second kappa shape index (κ2) is 3.97. The lowest BCUT2D eigenvalue weighted by molar-refractivity contribution is 0.237. The summed E-state index contributed by atoms with van der Waals surface area (Å²) in [5, 5.41) is 0. The summed E-state index contributed by atoms with van der Waals surface area (Å²) >= 11 is 0. The van der Waals surface area contributed by atoms with Gasteiger partial charge < -0.3 is 5.73 Å². The lowest BCUT2D eigenvalue weighted by Crippen LogP contribution is -2.26. The molecule has 0 aromatic carbocycles. The monoisotopic (exact) mass is 141 g/mol. The minimum absolute atomic E-state index is 0.846. The van der Waals surface area contributed by atoms with Crippen molar-refractivity contribution in [3.63, 3.8) is 0 Å². The predicted molar refractivity (Wildman–Crippen MR) is 44.8 cm³/mol. The molecule has 1 heteroatoms. The molecule has 2 atom stereocenters. The van der Waals surface area contributed by atoms with E-state index in [-0.39, 0.29) is 0 Å². The van der Waals surface area contributed by atoms with E-state index in [0.29, 0.717) is 0 Å². The van der Waals surface area contributed by atoms with E-state index >= 15 is 0 Å². The Labute approximate surface area is 64.0 Å². The predicted octanol–water partition coefficient (Wildman–Crippen LogP) is 2.16. The Kier molecular flexibility index (Phi) is 3.20. The SMILES string of the molecule is CC[C@H]1CCCC[C@H]1CN. The number of rotatable bonds is 2. The third-order valence-electron chi connectivity index (χ3n) is 2.89. The zero-order valence-corrected chi connectivity index (χ0v) is 6.97. The van der Waals surface area contributed by atoms with Crippen LogP contribution >= 0.6 is 0 Å². The van der Waals surface area contributed by atoms with Gasteiger partial charge in [0.05, 0.1) is 0 Å². The lowest BCUT2D eigenvalue weighted by Gasteiger charge is -2.29. The van der Waals surface area contributed by atoms with Crippen LogP contribution in [0.1, 0.15) is 39.0 Å². The van der Waals surface area contributed by atoms with Gasteiger partial charge >= 0.3 is 0 Å². The summed E-state index contributed by atoms with van der Waals surface area (Å²) in [6, 6.07) is 0. The van der Waals surface area contributed by atoms with Gasteiger partial charge in [0.2, 0.25) is 0 Å². The van der Waals surface area contributed by atoms with Crippen molar-refractivity contribution in [2.45, 2.75) is 39.0 Å². The molecule has 1 aliphatic rings. The summed E-state index contributed by atoms with van der Waals surface area (Å²) in [6.07, 6.45) is 7.00. The van der Waals surface area contributed by atoms with Crippen LogP contribution in [0.2, 0.25) is 0 Å². The van der Waals surface area contributed by atoms with Crippen molar-refractivity contribution in [3.05, 3.63) is 0 Å². The minimum atomic E-state index is 0.846. The van der Waals surface area contributed by atoms with E-state index in [2.05, 4.69) is 6.92 Å². The Morgan fingerprint density at radius 2 is 1.80 bits per heavy atom. The van der Waals surface area contributed by atoms with Gasteiger partial charge in [-0.05, 0) is 24.8 Å². The third kappa shape index (κ3) is 1.72. The van der Waals surface area contributed by atoms with Crippen molar-refractivity contribution >= 4 is 0 Å². The first-order valence-corrected chi connectivity index (χ1v) is 4.58. The molecule has 1 aliphatic carbocycles. The smallest absolute Gasteiger partial charge is 0.00462 e. The molecule has 0 unspecified atom stereocenters. The average Bonchev–Trinajstić information content (AvgIpc) is 2.04. The van der Waals surface area contributed by atoms with Gasteiger partial charge in [0.15, 0.2) is 0 Å². The van der Waals surface area contributed by atoms with Gasteiger partial charge in [-0.3, -0.25) is 0 Å². The maximum atomic E-state index is 5.67. The van der Waals surface area contributed by atoms with E-state index in [1.165, 1.54) is 32.1 Å². The second-order valence-electron chi connectivity index (χ2n) is 3.45. The molecule has 0 heterocycles. The topological polar surface area (TPSA) is 26.0 Å². The van der Waals surface area contributed by atoms with Crippen LogP contribution < -0.4 is 5.73 Å². The Morgan fingerprint density at radius 3 is 2.20 bits per heavy atom. The maximum Gasteiger partial charge on any atom is -0.00462 e. The first-order chi connectivity index (χ1) is 4.88. The van der Waals surface area contributed by atoms with E-state index in [4.69, 9.17) is 5.73 Å². The van der Waals surface area contributed by atoms with Gasteiger partial charge in [-0.1, -0.05) is 32.6 Å². The first kappa shape index (κ1) is 8.06. The number of nitrogens with two attached hydrogens (primary N) is 1. The van der Waals surface area contributed by atoms with Crippen molar-refractivity contribution in [2.24, 2.45) is 17.6 Å². The quantitative estimate of drug-likeness (QED) is 0.626. The van der Waals surface area contributed by atoms with Crippen LogP contribution in [-0.4, -0.2) is 6.54 Å². The number of hydrogen-bond acceptors (Lipinski definition) is 1. The molecular weight excluding hydrogens is 122 g/mol. The molecule has 0 bridgehead atoms. The Bertz CT molecular complexity index is 78.7. The summed E-state index contributed by atoms with van der Waals surface area (Å²) in [4.78, 5) is 0. The van der Waals surface area contributed by atoms with Crippen LogP contribution in [0.5, 0.6) is 0 Å². The van der Waals surface area contributed by atoms with Crippen LogP contribution in [0.4, 0.5) is 0 Å². The fourth-order valence-electron chi connectivity index (χ4n) is 2.13. The van der Waals surface area contributed by atoms with Crippen molar-refractivity contribution in [1.29, 1.82) is 0 Å². The van der Waals surface area contributed by atoms with Crippen LogP contribution in [0.25, 0.3) is 0 Å². The largest absolute Gasteiger partial charge is 0.330 e. The summed E-state index contributed by atoms with van der Waals surface area (Å²) in [5.74, 6) is 1.79. The van der Waals surface area contributed by atoms with Gasteiger partial charge in [0.1, 0.15) is 0 Å². The molecule has 60 valence electrons. The van der Waals surface area contributed by atoms with Crippen molar-refractivity contribution in [2.75, 3.05) is 6.54 Å². The summed E-state index contributed by atoms with van der Waals surface area (Å²) in [5.41, 5.74) is 5.67. The van der Waals surface area contributed by atoms with Crippen LogP contribution in [0.15, 0.2) is 0 Å². The highest BCUT2D eigenvalue weighted by atomic mass is 14.6. The lowest BCUT2D eigenvalue weighted by atomic mass is 9.78. The normalized spacial score (nSPS) is 34.2. The van der Waals surface area contributed by atoms with E-state index in [0.717, 1.165) is 18.4 Å². The molecule has 0 saturated heterocycles. The molecule has 0 aromatic rings. The molecule has 1 rings (SSSR count). The minimum Gasteiger partial charge on any atom is -0.330 e. The van der Waals surface area contributed by atoms with Gasteiger partial charge in [-0.2, -0.15) is 0 Å². The second-order valence-corrected chi connectivity index (χ2v) is 3.45. The molecule has 0 amide bonds. The maximum absolute atomic E-state index is 5.67. The first-order valence-electron chi connectivity index (χ1n) is 4.58. The standard InChI is InChI=1S/C9H19N/c1-2-8-5-3-4-6-9(8)7-10/h8-9H,2-7,10H2,1H3/t8-,9-/m0/s1. The van der Waals surface area contributed by atoms with Crippen molar-refractivity contribution < 1.29 is 0 Å². The Hall–Kier alpha value is -0.0400. The molecule has 0 aromatic heterocycles. The zero-order chi connectivity index (χ0) is 7.40. The molecule has 0 aliphatic heterocycles. The van der Waals surface area contributed by atoms with Gasteiger partial charge in [0.25, 0.3) is 0 Å². The van der Waals surface area contributed by atoms with Gasteiger partial charge in [-0.15, -0.1) is 0 Å². The van der Waals surface area contributed by atoms with Crippen molar-refractivity contribution in [3.8, 4) is 0 Å². The molecule has 1 fully saturated rings. The fourth-order valence-corrected chi connectivity index (χ4v) is 2.13. The van der Waals surface area contributed by atoms with Crippen LogP contribution in [-0.2, 0) is 0 Å².